The normalized spacial score (nSPS) is 14.6. The number of nitrogens with zero attached hydrogens (tertiary/aromatic N) is 1. The van der Waals surface area contributed by atoms with Crippen LogP contribution in [0.25, 0.3) is 0 Å². The number of rotatable bonds is 6. The predicted octanol–water partition coefficient (Wildman–Crippen LogP) is 3.54. The predicted molar refractivity (Wildman–Crippen MR) is 77.1 cm³/mol. The van der Waals surface area contributed by atoms with E-state index in [1.807, 2.05) is 45.2 Å². The lowest BCUT2D eigenvalue weighted by Gasteiger charge is -2.26. The Hall–Kier alpha value is -1.15. The van der Waals surface area contributed by atoms with Gasteiger partial charge in [0.25, 0.3) is 0 Å². The number of aryl methyl sites for hydroxylation is 1. The first-order chi connectivity index (χ1) is 8.45. The summed E-state index contributed by atoms with van der Waals surface area (Å²) in [7, 11) is 2.03. The Balaban J connectivity index is 2.68. The number of hydrogen-bond acceptors (Lipinski definition) is 2. The molecule has 100 valence electrons. The van der Waals surface area contributed by atoms with Gasteiger partial charge in [-0.3, -0.25) is 9.69 Å². The number of Topliss-reactive ketones (excluding diaryl/α,β-unsaturated/α-hetero) is 1. The van der Waals surface area contributed by atoms with Crippen LogP contribution in [0.1, 0.15) is 43.1 Å². The number of carbonyl (C=O) groups excluding carboxylic acids is 1. The van der Waals surface area contributed by atoms with Gasteiger partial charge in [-0.05, 0) is 26.8 Å². The molecule has 0 heterocycles. The maximum Gasteiger partial charge on any atom is 0.179 e. The molecule has 1 aromatic rings. The van der Waals surface area contributed by atoms with Crippen molar-refractivity contribution in [1.82, 2.24) is 4.90 Å². The van der Waals surface area contributed by atoms with Crippen molar-refractivity contribution >= 4 is 5.78 Å². The van der Waals surface area contributed by atoms with E-state index in [-0.39, 0.29) is 11.8 Å². The number of benzene rings is 1. The van der Waals surface area contributed by atoms with Crippen LogP contribution in [-0.4, -0.2) is 30.3 Å². The summed E-state index contributed by atoms with van der Waals surface area (Å²) in [5.41, 5.74) is 2.00. The zero-order valence-electron chi connectivity index (χ0n) is 12.2. The van der Waals surface area contributed by atoms with Gasteiger partial charge in [-0.2, -0.15) is 0 Å². The van der Waals surface area contributed by atoms with Crippen molar-refractivity contribution in [2.75, 3.05) is 13.6 Å². The van der Waals surface area contributed by atoms with E-state index in [0.29, 0.717) is 5.92 Å². The van der Waals surface area contributed by atoms with E-state index in [1.165, 1.54) is 5.56 Å². The molecule has 0 fully saturated rings. The average molecular weight is 247 g/mol. The lowest BCUT2D eigenvalue weighted by molar-refractivity contribution is 0.0854. The molecule has 0 radical (unpaired) electrons. The van der Waals surface area contributed by atoms with Crippen molar-refractivity contribution in [1.29, 1.82) is 0 Å². The minimum absolute atomic E-state index is 0.0540. The van der Waals surface area contributed by atoms with E-state index in [9.17, 15) is 4.79 Å². The van der Waals surface area contributed by atoms with Gasteiger partial charge in [0, 0.05) is 12.1 Å². The summed E-state index contributed by atoms with van der Waals surface area (Å²) in [6.45, 7) is 9.40. The second kappa shape index (κ2) is 6.69. The minimum Gasteiger partial charge on any atom is -0.296 e. The Morgan fingerprint density at radius 2 is 1.78 bits per heavy atom. The number of hydrogen-bond donors (Lipinski definition) is 0. The number of likely N-dealkylation sites (N-methyl/N-ethyl adjacent to an activating group) is 1. The molecule has 2 nitrogen and oxygen atoms in total. The van der Waals surface area contributed by atoms with Gasteiger partial charge in [0.2, 0.25) is 0 Å². The first-order valence-electron chi connectivity index (χ1n) is 6.76. The standard InChI is InChI=1S/C16H25NO/c1-6-12(2)11-17(5)14(4)16(18)15-9-7-13(3)8-10-15/h7-10,12,14H,6,11H2,1-5H3. The maximum atomic E-state index is 12.3. The second-order valence-corrected chi connectivity index (χ2v) is 5.36. The van der Waals surface area contributed by atoms with Gasteiger partial charge in [0.15, 0.2) is 5.78 Å². The molecule has 2 atom stereocenters. The van der Waals surface area contributed by atoms with Gasteiger partial charge in [0.05, 0.1) is 6.04 Å². The van der Waals surface area contributed by atoms with Gasteiger partial charge in [-0.25, -0.2) is 0 Å². The van der Waals surface area contributed by atoms with Crippen LogP contribution in [0.15, 0.2) is 24.3 Å². The van der Waals surface area contributed by atoms with Crippen LogP contribution >= 0.6 is 0 Å². The molecule has 1 aromatic carbocycles. The Morgan fingerprint density at radius 1 is 1.22 bits per heavy atom. The van der Waals surface area contributed by atoms with Crippen LogP contribution < -0.4 is 0 Å². The molecule has 0 saturated heterocycles. The SMILES string of the molecule is CCC(C)CN(C)C(C)C(=O)c1ccc(C)cc1. The fourth-order valence-electron chi connectivity index (χ4n) is 1.94. The highest BCUT2D eigenvalue weighted by Crippen LogP contribution is 2.12. The molecular formula is C16H25NO. The van der Waals surface area contributed by atoms with Crippen LogP contribution in [0.5, 0.6) is 0 Å². The fraction of sp³-hybridized carbons (Fsp3) is 0.562. The Kier molecular flexibility index (Phi) is 5.54. The van der Waals surface area contributed by atoms with Crippen molar-refractivity contribution in [3.63, 3.8) is 0 Å². The lowest BCUT2D eigenvalue weighted by Crippen LogP contribution is -2.38. The van der Waals surface area contributed by atoms with E-state index < -0.39 is 0 Å². The van der Waals surface area contributed by atoms with Crippen LogP contribution in [0.4, 0.5) is 0 Å². The van der Waals surface area contributed by atoms with Gasteiger partial charge in [-0.15, -0.1) is 0 Å². The molecule has 0 saturated carbocycles. The van der Waals surface area contributed by atoms with Gasteiger partial charge in [-0.1, -0.05) is 50.1 Å². The summed E-state index contributed by atoms with van der Waals surface area (Å²) >= 11 is 0. The number of carbonyl (C=O) groups is 1. The lowest BCUT2D eigenvalue weighted by atomic mass is 10.0. The fourth-order valence-corrected chi connectivity index (χ4v) is 1.94. The Morgan fingerprint density at radius 3 is 2.28 bits per heavy atom. The molecule has 2 heteroatoms. The van der Waals surface area contributed by atoms with E-state index in [0.717, 1.165) is 18.5 Å². The van der Waals surface area contributed by atoms with E-state index >= 15 is 0 Å². The first kappa shape index (κ1) is 14.9. The maximum absolute atomic E-state index is 12.3. The summed E-state index contributed by atoms with van der Waals surface area (Å²) in [6, 6.07) is 7.78. The highest BCUT2D eigenvalue weighted by molar-refractivity contribution is 5.99. The van der Waals surface area contributed by atoms with Crippen molar-refractivity contribution in [3.8, 4) is 0 Å². The van der Waals surface area contributed by atoms with E-state index in [4.69, 9.17) is 0 Å². The van der Waals surface area contributed by atoms with Crippen molar-refractivity contribution in [2.45, 2.75) is 40.2 Å². The van der Waals surface area contributed by atoms with Crippen molar-refractivity contribution < 1.29 is 4.79 Å². The van der Waals surface area contributed by atoms with Crippen molar-refractivity contribution in [3.05, 3.63) is 35.4 Å². The summed E-state index contributed by atoms with van der Waals surface area (Å²) in [5, 5.41) is 0. The molecule has 0 bridgehead atoms. The molecule has 0 spiro atoms. The molecule has 0 aliphatic rings. The van der Waals surface area contributed by atoms with Gasteiger partial charge >= 0.3 is 0 Å². The summed E-state index contributed by atoms with van der Waals surface area (Å²) in [6.07, 6.45) is 1.15. The largest absolute Gasteiger partial charge is 0.296 e. The van der Waals surface area contributed by atoms with Gasteiger partial charge < -0.3 is 0 Å². The topological polar surface area (TPSA) is 20.3 Å². The third-order valence-electron chi connectivity index (χ3n) is 3.67. The quantitative estimate of drug-likeness (QED) is 0.717. The molecule has 0 aromatic heterocycles. The third-order valence-corrected chi connectivity index (χ3v) is 3.67. The number of ketones is 1. The summed E-state index contributed by atoms with van der Waals surface area (Å²) < 4.78 is 0. The highest BCUT2D eigenvalue weighted by atomic mass is 16.1. The monoisotopic (exact) mass is 247 g/mol. The first-order valence-corrected chi connectivity index (χ1v) is 6.76. The molecule has 0 N–H and O–H groups in total. The molecule has 0 aliphatic heterocycles. The third kappa shape index (κ3) is 3.95. The van der Waals surface area contributed by atoms with Crippen LogP contribution in [0.2, 0.25) is 0 Å². The van der Waals surface area contributed by atoms with Gasteiger partial charge in [0.1, 0.15) is 0 Å². The van der Waals surface area contributed by atoms with Crippen molar-refractivity contribution in [2.24, 2.45) is 5.92 Å². The molecule has 0 amide bonds. The Bertz CT molecular complexity index is 383. The minimum atomic E-state index is -0.0540. The van der Waals surface area contributed by atoms with Crippen LogP contribution in [-0.2, 0) is 0 Å². The molecule has 18 heavy (non-hydrogen) atoms. The van der Waals surface area contributed by atoms with Crippen LogP contribution in [0, 0.1) is 12.8 Å². The van der Waals surface area contributed by atoms with E-state index in [1.54, 1.807) is 0 Å². The second-order valence-electron chi connectivity index (χ2n) is 5.36. The molecule has 2 unspecified atom stereocenters. The smallest absolute Gasteiger partial charge is 0.179 e. The van der Waals surface area contributed by atoms with E-state index in [2.05, 4.69) is 18.7 Å². The summed E-state index contributed by atoms with van der Waals surface area (Å²) in [5.74, 6) is 0.837. The summed E-state index contributed by atoms with van der Waals surface area (Å²) in [4.78, 5) is 14.5. The zero-order chi connectivity index (χ0) is 13.7. The molecular weight excluding hydrogens is 222 g/mol. The Labute approximate surface area is 111 Å². The molecule has 0 aliphatic carbocycles. The zero-order valence-corrected chi connectivity index (χ0v) is 12.2. The molecule has 1 rings (SSSR count). The average Bonchev–Trinajstić information content (AvgIpc) is 2.37. The highest BCUT2D eigenvalue weighted by Gasteiger charge is 2.20. The van der Waals surface area contributed by atoms with Crippen LogP contribution in [0.3, 0.4) is 0 Å².